The molecule has 0 aliphatic carbocycles. The third kappa shape index (κ3) is 5.68. The van der Waals surface area contributed by atoms with Crippen molar-refractivity contribution in [1.82, 2.24) is 0 Å². The minimum atomic E-state index is -1.29. The average molecular weight is 383 g/mol. The molecule has 146 valence electrons. The Balaban J connectivity index is 1.99. The molecule has 0 fully saturated rings. The minimum absolute atomic E-state index is 0.268. The molecule has 1 N–H and O–H groups in total. The fraction of sp³-hybridized carbons (Fsp3) is 0.238. The van der Waals surface area contributed by atoms with Crippen LogP contribution in [0.15, 0.2) is 48.0 Å². The van der Waals surface area contributed by atoms with Gasteiger partial charge in [0.05, 0.1) is 13.7 Å². The summed E-state index contributed by atoms with van der Waals surface area (Å²) < 4.78 is 22.2. The normalized spacial score (nSPS) is 10.7. The van der Waals surface area contributed by atoms with E-state index in [-0.39, 0.29) is 12.2 Å². The van der Waals surface area contributed by atoms with Gasteiger partial charge in [0.15, 0.2) is 23.0 Å². The molecule has 0 atom stereocenters. The zero-order valence-corrected chi connectivity index (χ0v) is 15.7. The van der Waals surface area contributed by atoms with Gasteiger partial charge in [0.2, 0.25) is 0 Å². The Morgan fingerprint density at radius 1 is 1.04 bits per heavy atom. The highest BCUT2D eigenvalue weighted by atomic mass is 16.5. The molecule has 0 aliphatic heterocycles. The van der Waals surface area contributed by atoms with Crippen LogP contribution in [0.2, 0.25) is 0 Å². The molecule has 2 aromatic carbocycles. The fourth-order valence-electron chi connectivity index (χ4n) is 2.35. The standard InChI is InChI=1S/C21H21NO6/c1-3-26-17-6-4-5-7-18(17)27-10-11-28-19-9-8-15(13-20(19)25-2)12-16(14-22)21(23)24/h4-9,12-13H,3,10-11H2,1-2H3,(H,23,24). The molecule has 0 aromatic heterocycles. The third-order valence-electron chi connectivity index (χ3n) is 3.60. The van der Waals surface area contributed by atoms with Crippen LogP contribution >= 0.6 is 0 Å². The molecular weight excluding hydrogens is 362 g/mol. The predicted molar refractivity (Wildman–Crippen MR) is 103 cm³/mol. The molecule has 2 rings (SSSR count). The number of ether oxygens (including phenoxy) is 4. The number of rotatable bonds is 10. The van der Waals surface area contributed by atoms with E-state index in [4.69, 9.17) is 29.3 Å². The summed E-state index contributed by atoms with van der Waals surface area (Å²) in [6, 6.07) is 13.9. The van der Waals surface area contributed by atoms with E-state index < -0.39 is 5.97 Å². The van der Waals surface area contributed by atoms with Gasteiger partial charge in [-0.1, -0.05) is 18.2 Å². The zero-order valence-electron chi connectivity index (χ0n) is 15.7. The molecule has 0 saturated heterocycles. The lowest BCUT2D eigenvalue weighted by Gasteiger charge is -2.14. The molecule has 0 amide bonds. The molecule has 7 nitrogen and oxygen atoms in total. The molecule has 0 saturated carbocycles. The van der Waals surface area contributed by atoms with Gasteiger partial charge in [0, 0.05) is 0 Å². The van der Waals surface area contributed by atoms with Gasteiger partial charge in [-0.25, -0.2) is 4.79 Å². The van der Waals surface area contributed by atoms with Crippen LogP contribution in [0.1, 0.15) is 12.5 Å². The molecule has 0 spiro atoms. The molecule has 0 heterocycles. The lowest BCUT2D eigenvalue weighted by molar-refractivity contribution is -0.132. The Morgan fingerprint density at radius 3 is 2.18 bits per heavy atom. The van der Waals surface area contributed by atoms with Gasteiger partial charge in [-0.3, -0.25) is 0 Å². The maximum Gasteiger partial charge on any atom is 0.346 e. The third-order valence-corrected chi connectivity index (χ3v) is 3.60. The van der Waals surface area contributed by atoms with Gasteiger partial charge in [-0.05, 0) is 42.8 Å². The van der Waals surface area contributed by atoms with Crippen LogP contribution in [0.5, 0.6) is 23.0 Å². The Hall–Kier alpha value is -3.66. The summed E-state index contributed by atoms with van der Waals surface area (Å²) in [4.78, 5) is 10.9. The van der Waals surface area contributed by atoms with Crippen LogP contribution in [0.3, 0.4) is 0 Å². The van der Waals surface area contributed by atoms with E-state index in [9.17, 15) is 4.79 Å². The van der Waals surface area contributed by atoms with Crippen molar-refractivity contribution in [3.63, 3.8) is 0 Å². The van der Waals surface area contributed by atoms with Gasteiger partial charge < -0.3 is 24.1 Å². The Kier molecular flexibility index (Phi) is 7.73. The second-order valence-corrected chi connectivity index (χ2v) is 5.46. The number of nitriles is 1. The van der Waals surface area contributed by atoms with Crippen LogP contribution in [0, 0.1) is 11.3 Å². The van der Waals surface area contributed by atoms with Gasteiger partial charge >= 0.3 is 5.97 Å². The molecule has 0 unspecified atom stereocenters. The Bertz CT molecular complexity index is 885. The molecule has 28 heavy (non-hydrogen) atoms. The van der Waals surface area contributed by atoms with Crippen LogP contribution < -0.4 is 18.9 Å². The summed E-state index contributed by atoms with van der Waals surface area (Å²) in [7, 11) is 1.48. The maximum absolute atomic E-state index is 10.9. The molecule has 0 radical (unpaired) electrons. The van der Waals surface area contributed by atoms with Crippen molar-refractivity contribution in [2.24, 2.45) is 0 Å². The lowest BCUT2D eigenvalue weighted by atomic mass is 10.1. The molecule has 0 aliphatic rings. The second kappa shape index (κ2) is 10.5. The van der Waals surface area contributed by atoms with Crippen molar-refractivity contribution in [3.8, 4) is 29.1 Å². The van der Waals surface area contributed by atoms with Crippen molar-refractivity contribution in [1.29, 1.82) is 5.26 Å². The highest BCUT2D eigenvalue weighted by Gasteiger charge is 2.09. The SMILES string of the molecule is CCOc1ccccc1OCCOc1ccc(C=C(C#N)C(=O)O)cc1OC. The largest absolute Gasteiger partial charge is 0.493 e. The first-order valence-corrected chi connectivity index (χ1v) is 8.59. The van der Waals surface area contributed by atoms with Gasteiger partial charge in [-0.15, -0.1) is 0 Å². The summed E-state index contributed by atoms with van der Waals surface area (Å²) in [5.41, 5.74) is 0.155. The molecule has 7 heteroatoms. The monoisotopic (exact) mass is 383 g/mol. The first-order valence-electron chi connectivity index (χ1n) is 8.59. The second-order valence-electron chi connectivity index (χ2n) is 5.46. The molecule has 0 bridgehead atoms. The highest BCUT2D eigenvalue weighted by Crippen LogP contribution is 2.29. The van der Waals surface area contributed by atoms with Crippen molar-refractivity contribution in [3.05, 3.63) is 53.6 Å². The first-order chi connectivity index (χ1) is 13.6. The van der Waals surface area contributed by atoms with Gasteiger partial charge in [0.25, 0.3) is 0 Å². The number of hydrogen-bond acceptors (Lipinski definition) is 6. The van der Waals surface area contributed by atoms with Crippen LogP contribution in [-0.2, 0) is 4.79 Å². The quantitative estimate of drug-likeness (QED) is 0.381. The first kappa shape index (κ1) is 20.6. The summed E-state index contributed by atoms with van der Waals surface area (Å²) in [5, 5.41) is 17.8. The lowest BCUT2D eigenvalue weighted by Crippen LogP contribution is -2.10. The predicted octanol–water partition coefficient (Wildman–Crippen LogP) is 3.54. The smallest absolute Gasteiger partial charge is 0.346 e. The van der Waals surface area contributed by atoms with Crippen molar-refractivity contribution >= 4 is 12.0 Å². The van der Waals surface area contributed by atoms with Gasteiger partial charge in [-0.2, -0.15) is 5.26 Å². The van der Waals surface area contributed by atoms with Gasteiger partial charge in [0.1, 0.15) is 24.9 Å². The number of methoxy groups -OCH3 is 1. The van der Waals surface area contributed by atoms with Crippen LogP contribution in [0.4, 0.5) is 0 Å². The van der Waals surface area contributed by atoms with E-state index in [1.54, 1.807) is 24.3 Å². The number of para-hydroxylation sites is 2. The summed E-state index contributed by atoms with van der Waals surface area (Å²) in [5.74, 6) is 0.927. The van der Waals surface area contributed by atoms with Crippen LogP contribution in [-0.4, -0.2) is 38.0 Å². The number of aliphatic carboxylic acids is 1. The summed E-state index contributed by atoms with van der Waals surface area (Å²) >= 11 is 0. The molecular formula is C21H21NO6. The summed E-state index contributed by atoms with van der Waals surface area (Å²) in [6.07, 6.45) is 1.27. The van der Waals surface area contributed by atoms with Crippen molar-refractivity contribution in [2.75, 3.05) is 26.9 Å². The number of carboxylic acids is 1. The fourth-order valence-corrected chi connectivity index (χ4v) is 2.35. The van der Waals surface area contributed by atoms with E-state index in [2.05, 4.69) is 0 Å². The van der Waals surface area contributed by atoms with Crippen LogP contribution in [0.25, 0.3) is 6.08 Å². The molecule has 2 aromatic rings. The Labute approximate surface area is 163 Å². The average Bonchev–Trinajstić information content (AvgIpc) is 2.71. The number of carboxylic acid groups (broad SMARTS) is 1. The van der Waals surface area contributed by atoms with E-state index in [0.717, 1.165) is 0 Å². The number of benzene rings is 2. The topological polar surface area (TPSA) is 98.0 Å². The number of hydrogen-bond donors (Lipinski definition) is 1. The van der Waals surface area contributed by atoms with E-state index in [0.29, 0.717) is 41.8 Å². The Morgan fingerprint density at radius 2 is 1.64 bits per heavy atom. The van der Waals surface area contributed by atoms with E-state index in [1.165, 1.54) is 13.2 Å². The highest BCUT2D eigenvalue weighted by molar-refractivity contribution is 5.96. The van der Waals surface area contributed by atoms with Crippen molar-refractivity contribution in [2.45, 2.75) is 6.92 Å². The summed E-state index contributed by atoms with van der Waals surface area (Å²) in [6.45, 7) is 3.02. The van der Waals surface area contributed by atoms with E-state index in [1.807, 2.05) is 31.2 Å². The number of nitrogens with zero attached hydrogens (tertiary/aromatic N) is 1. The van der Waals surface area contributed by atoms with E-state index >= 15 is 0 Å². The minimum Gasteiger partial charge on any atom is -0.493 e. The van der Waals surface area contributed by atoms with Crippen molar-refractivity contribution < 1.29 is 28.8 Å². The number of carbonyl (C=O) groups is 1. The maximum atomic E-state index is 10.9. The zero-order chi connectivity index (χ0) is 20.4.